The van der Waals surface area contributed by atoms with E-state index in [1.54, 1.807) is 29.5 Å². The molecule has 1 aromatic heterocycles. The number of fused-ring (bicyclic) bond motifs is 1. The van der Waals surface area contributed by atoms with Gasteiger partial charge >= 0.3 is 0 Å². The first kappa shape index (κ1) is 21.0. The smallest absolute Gasteiger partial charge is 0.243 e. The molecule has 7 nitrogen and oxygen atoms in total. The van der Waals surface area contributed by atoms with Crippen molar-refractivity contribution in [2.45, 2.75) is 43.5 Å². The Hall–Kier alpha value is -2.23. The summed E-state index contributed by atoms with van der Waals surface area (Å²) in [5, 5.41) is 4.92. The van der Waals surface area contributed by atoms with Crippen LogP contribution in [0.5, 0.6) is 0 Å². The summed E-state index contributed by atoms with van der Waals surface area (Å²) in [6.45, 7) is 2.99. The van der Waals surface area contributed by atoms with Crippen molar-refractivity contribution in [2.75, 3.05) is 24.5 Å². The number of sulfonamides is 1. The van der Waals surface area contributed by atoms with Gasteiger partial charge in [-0.25, -0.2) is 8.42 Å². The number of thiophene rings is 1. The van der Waals surface area contributed by atoms with Gasteiger partial charge in [-0.2, -0.15) is 4.31 Å². The average Bonchev–Trinajstić information content (AvgIpc) is 3.46. The number of anilines is 1. The predicted molar refractivity (Wildman–Crippen MR) is 116 cm³/mol. The van der Waals surface area contributed by atoms with E-state index in [1.165, 1.54) is 21.0 Å². The molecule has 2 aromatic rings. The summed E-state index contributed by atoms with van der Waals surface area (Å²) < 4.78 is 27.3. The lowest BCUT2D eigenvalue weighted by Crippen LogP contribution is -2.47. The van der Waals surface area contributed by atoms with Crippen molar-refractivity contribution < 1.29 is 18.0 Å². The van der Waals surface area contributed by atoms with Gasteiger partial charge in [-0.15, -0.1) is 11.3 Å². The molecule has 30 heavy (non-hydrogen) atoms. The topological polar surface area (TPSA) is 86.8 Å². The lowest BCUT2D eigenvalue weighted by molar-refractivity contribution is -0.125. The first-order chi connectivity index (χ1) is 14.4. The van der Waals surface area contributed by atoms with E-state index in [-0.39, 0.29) is 16.7 Å². The summed E-state index contributed by atoms with van der Waals surface area (Å²) in [5.74, 6) is -0.454. The van der Waals surface area contributed by atoms with E-state index in [1.807, 2.05) is 17.5 Å². The van der Waals surface area contributed by atoms with Gasteiger partial charge in [0.2, 0.25) is 21.8 Å². The highest BCUT2D eigenvalue weighted by molar-refractivity contribution is 7.89. The molecular formula is C21H25N3O4S2. The number of carbonyl (C=O) groups is 2. The Kier molecular flexibility index (Phi) is 5.95. The Labute approximate surface area is 180 Å². The van der Waals surface area contributed by atoms with E-state index in [0.717, 1.165) is 19.3 Å². The van der Waals surface area contributed by atoms with Gasteiger partial charge in [-0.05, 0) is 54.5 Å². The number of rotatable bonds is 6. The third kappa shape index (κ3) is 4.01. The molecule has 0 bridgehead atoms. The van der Waals surface area contributed by atoms with Crippen LogP contribution in [-0.4, -0.2) is 50.2 Å². The van der Waals surface area contributed by atoms with Gasteiger partial charge in [0.05, 0.1) is 4.90 Å². The fourth-order valence-corrected chi connectivity index (χ4v) is 6.42. The summed E-state index contributed by atoms with van der Waals surface area (Å²) in [4.78, 5) is 28.0. The van der Waals surface area contributed by atoms with Crippen molar-refractivity contribution in [3.05, 3.63) is 46.2 Å². The Balaban J connectivity index is 1.52. The van der Waals surface area contributed by atoms with Crippen LogP contribution in [-0.2, 0) is 32.5 Å². The first-order valence-corrected chi connectivity index (χ1v) is 12.4. The van der Waals surface area contributed by atoms with Crippen LogP contribution in [0.25, 0.3) is 0 Å². The molecule has 0 radical (unpaired) electrons. The molecule has 1 atom stereocenters. The minimum Gasteiger partial charge on any atom is -0.354 e. The van der Waals surface area contributed by atoms with E-state index in [2.05, 4.69) is 5.32 Å². The standard InChI is InChI=1S/C21H25N3O4S2/c1-15(25)24-19-7-6-18(30(27,28)23-10-2-3-11-23)13-16(19)14-20(24)21(26)22-9-8-17-5-4-12-29-17/h4-7,12-13,20H,2-3,8-11,14H2,1H3,(H,22,26)/t20-/m0/s1. The molecule has 2 aliphatic heterocycles. The minimum absolute atomic E-state index is 0.220. The largest absolute Gasteiger partial charge is 0.354 e. The van der Waals surface area contributed by atoms with Crippen LogP contribution in [0.3, 0.4) is 0 Å². The van der Waals surface area contributed by atoms with E-state index < -0.39 is 16.1 Å². The van der Waals surface area contributed by atoms with Crippen molar-refractivity contribution in [2.24, 2.45) is 0 Å². The molecule has 1 fully saturated rings. The molecule has 1 N–H and O–H groups in total. The first-order valence-electron chi connectivity index (χ1n) is 10.1. The third-order valence-corrected chi connectivity index (χ3v) is 8.46. The fourth-order valence-electron chi connectivity index (χ4n) is 4.15. The number of hydrogen-bond acceptors (Lipinski definition) is 5. The predicted octanol–water partition coefficient (Wildman–Crippen LogP) is 2.17. The van der Waals surface area contributed by atoms with Crippen LogP contribution in [0.4, 0.5) is 5.69 Å². The summed E-state index contributed by atoms with van der Waals surface area (Å²) in [7, 11) is -3.54. The van der Waals surface area contributed by atoms with Crippen molar-refractivity contribution >= 4 is 38.9 Å². The van der Waals surface area contributed by atoms with Crippen LogP contribution in [0.1, 0.15) is 30.2 Å². The number of amides is 2. The highest BCUT2D eigenvalue weighted by atomic mass is 32.2. The number of benzene rings is 1. The van der Waals surface area contributed by atoms with Crippen molar-refractivity contribution in [3.8, 4) is 0 Å². The summed E-state index contributed by atoms with van der Waals surface area (Å²) in [5.41, 5.74) is 1.32. The molecule has 9 heteroatoms. The molecule has 4 rings (SSSR count). The second-order valence-electron chi connectivity index (χ2n) is 7.63. The van der Waals surface area contributed by atoms with Gasteiger partial charge in [0.1, 0.15) is 6.04 Å². The Bertz CT molecular complexity index is 1040. The van der Waals surface area contributed by atoms with Crippen LogP contribution in [0.15, 0.2) is 40.6 Å². The van der Waals surface area contributed by atoms with Gasteiger partial charge < -0.3 is 5.32 Å². The highest BCUT2D eigenvalue weighted by Gasteiger charge is 2.38. The Morgan fingerprint density at radius 1 is 1.20 bits per heavy atom. The van der Waals surface area contributed by atoms with Crippen LogP contribution < -0.4 is 10.2 Å². The third-order valence-electron chi connectivity index (χ3n) is 5.63. The molecule has 0 spiro atoms. The molecule has 0 aliphatic carbocycles. The van der Waals surface area contributed by atoms with Crippen LogP contribution >= 0.6 is 11.3 Å². The zero-order valence-electron chi connectivity index (χ0n) is 16.8. The van der Waals surface area contributed by atoms with Gasteiger partial charge in [0.25, 0.3) is 0 Å². The van der Waals surface area contributed by atoms with Crippen molar-refractivity contribution in [1.82, 2.24) is 9.62 Å². The van der Waals surface area contributed by atoms with Crippen LogP contribution in [0.2, 0.25) is 0 Å². The molecule has 3 heterocycles. The van der Waals surface area contributed by atoms with E-state index in [9.17, 15) is 18.0 Å². The minimum atomic E-state index is -3.54. The molecule has 2 aliphatic rings. The maximum Gasteiger partial charge on any atom is 0.243 e. The molecule has 0 saturated carbocycles. The maximum atomic E-state index is 12.9. The van der Waals surface area contributed by atoms with E-state index >= 15 is 0 Å². The molecule has 160 valence electrons. The highest BCUT2D eigenvalue weighted by Crippen LogP contribution is 2.35. The van der Waals surface area contributed by atoms with Crippen molar-refractivity contribution in [1.29, 1.82) is 0 Å². The quantitative estimate of drug-likeness (QED) is 0.735. The second kappa shape index (κ2) is 8.49. The van der Waals surface area contributed by atoms with Gasteiger partial charge in [-0.3, -0.25) is 14.5 Å². The summed E-state index contributed by atoms with van der Waals surface area (Å²) in [6.07, 6.45) is 2.79. The monoisotopic (exact) mass is 447 g/mol. The SMILES string of the molecule is CC(=O)N1c2ccc(S(=O)(=O)N3CCCC3)cc2C[C@H]1C(=O)NCCc1cccs1. The molecule has 2 amide bonds. The Morgan fingerprint density at radius 3 is 2.63 bits per heavy atom. The van der Waals surface area contributed by atoms with Crippen LogP contribution in [0, 0.1) is 0 Å². The molecule has 1 saturated heterocycles. The molecule has 0 unspecified atom stereocenters. The molecular weight excluding hydrogens is 422 g/mol. The molecule has 1 aromatic carbocycles. The average molecular weight is 448 g/mol. The number of hydrogen-bond donors (Lipinski definition) is 1. The van der Waals surface area contributed by atoms with Crippen molar-refractivity contribution in [3.63, 3.8) is 0 Å². The number of carbonyl (C=O) groups excluding carboxylic acids is 2. The number of nitrogens with zero attached hydrogens (tertiary/aromatic N) is 2. The Morgan fingerprint density at radius 2 is 1.97 bits per heavy atom. The lowest BCUT2D eigenvalue weighted by Gasteiger charge is -2.23. The van der Waals surface area contributed by atoms with Gasteiger partial charge in [0, 0.05) is 43.5 Å². The van der Waals surface area contributed by atoms with Gasteiger partial charge in [0.15, 0.2) is 0 Å². The van der Waals surface area contributed by atoms with E-state index in [4.69, 9.17) is 0 Å². The maximum absolute atomic E-state index is 12.9. The van der Waals surface area contributed by atoms with E-state index in [0.29, 0.717) is 37.3 Å². The zero-order chi connectivity index (χ0) is 21.3. The summed E-state index contributed by atoms with van der Waals surface area (Å²) in [6, 6.07) is 8.15. The summed E-state index contributed by atoms with van der Waals surface area (Å²) >= 11 is 1.64. The second-order valence-corrected chi connectivity index (χ2v) is 10.6. The fraction of sp³-hybridized carbons (Fsp3) is 0.429. The normalized spacial score (nSPS) is 19.1. The number of nitrogens with one attached hydrogen (secondary N) is 1. The lowest BCUT2D eigenvalue weighted by atomic mass is 10.1. The zero-order valence-corrected chi connectivity index (χ0v) is 18.5. The van der Waals surface area contributed by atoms with Gasteiger partial charge in [-0.1, -0.05) is 6.07 Å².